The van der Waals surface area contributed by atoms with E-state index in [1.807, 2.05) is 11.6 Å². The van der Waals surface area contributed by atoms with Gasteiger partial charge in [-0.15, -0.1) is 0 Å². The van der Waals surface area contributed by atoms with Crippen LogP contribution in [-0.4, -0.2) is 29.8 Å². The molecule has 0 radical (unpaired) electrons. The average molecular weight is 261 g/mol. The van der Waals surface area contributed by atoms with Gasteiger partial charge in [-0.2, -0.15) is 5.10 Å². The van der Waals surface area contributed by atoms with Gasteiger partial charge in [0.25, 0.3) is 0 Å². The van der Waals surface area contributed by atoms with Crippen LogP contribution in [0.1, 0.15) is 37.2 Å². The third kappa shape index (κ3) is 3.57. The SMILES string of the molecule is Cc1cnc(C(O)Cc2ncnn2CC(C)C)nc1. The first-order valence-electron chi connectivity index (χ1n) is 6.39. The quantitative estimate of drug-likeness (QED) is 0.878. The summed E-state index contributed by atoms with van der Waals surface area (Å²) < 4.78 is 1.82. The number of nitrogens with zero attached hydrogens (tertiary/aromatic N) is 5. The van der Waals surface area contributed by atoms with E-state index in [2.05, 4.69) is 33.9 Å². The number of aliphatic hydroxyl groups is 1. The molecule has 0 bridgehead atoms. The number of aromatic nitrogens is 5. The first kappa shape index (κ1) is 13.6. The lowest BCUT2D eigenvalue weighted by atomic mass is 10.2. The molecule has 102 valence electrons. The molecular weight excluding hydrogens is 242 g/mol. The van der Waals surface area contributed by atoms with E-state index in [9.17, 15) is 5.11 Å². The van der Waals surface area contributed by atoms with Crippen molar-refractivity contribution in [3.05, 3.63) is 35.9 Å². The van der Waals surface area contributed by atoms with Crippen molar-refractivity contribution in [3.63, 3.8) is 0 Å². The topological polar surface area (TPSA) is 76.7 Å². The summed E-state index contributed by atoms with van der Waals surface area (Å²) in [7, 11) is 0. The highest BCUT2D eigenvalue weighted by atomic mass is 16.3. The molecule has 6 heteroatoms. The first-order valence-corrected chi connectivity index (χ1v) is 6.39. The highest BCUT2D eigenvalue weighted by Gasteiger charge is 2.16. The molecular formula is C13H19N5O. The Labute approximate surface area is 112 Å². The molecule has 0 amide bonds. The summed E-state index contributed by atoms with van der Waals surface area (Å²) in [5, 5.41) is 14.3. The molecule has 2 aromatic rings. The Balaban J connectivity index is 2.08. The third-order valence-electron chi connectivity index (χ3n) is 2.71. The zero-order chi connectivity index (χ0) is 13.8. The van der Waals surface area contributed by atoms with E-state index >= 15 is 0 Å². The van der Waals surface area contributed by atoms with Crippen LogP contribution in [0.2, 0.25) is 0 Å². The Morgan fingerprint density at radius 2 is 1.89 bits per heavy atom. The van der Waals surface area contributed by atoms with Gasteiger partial charge in [-0.25, -0.2) is 19.6 Å². The maximum atomic E-state index is 10.1. The predicted molar refractivity (Wildman–Crippen MR) is 70.3 cm³/mol. The zero-order valence-electron chi connectivity index (χ0n) is 11.5. The van der Waals surface area contributed by atoms with Crippen molar-refractivity contribution in [2.75, 3.05) is 0 Å². The normalized spacial score (nSPS) is 12.9. The molecule has 0 spiro atoms. The Morgan fingerprint density at radius 3 is 2.53 bits per heavy atom. The van der Waals surface area contributed by atoms with E-state index in [0.29, 0.717) is 18.2 Å². The fraction of sp³-hybridized carbons (Fsp3) is 0.538. The van der Waals surface area contributed by atoms with Crippen molar-refractivity contribution in [1.29, 1.82) is 0 Å². The number of aryl methyl sites for hydroxylation is 1. The van der Waals surface area contributed by atoms with Gasteiger partial charge in [0.1, 0.15) is 18.3 Å². The van der Waals surface area contributed by atoms with Gasteiger partial charge in [-0.3, -0.25) is 0 Å². The van der Waals surface area contributed by atoms with Gasteiger partial charge < -0.3 is 5.11 Å². The minimum Gasteiger partial charge on any atom is -0.385 e. The summed E-state index contributed by atoms with van der Waals surface area (Å²) >= 11 is 0. The summed E-state index contributed by atoms with van der Waals surface area (Å²) in [5.41, 5.74) is 0.971. The number of aliphatic hydroxyl groups excluding tert-OH is 1. The van der Waals surface area contributed by atoms with Crippen molar-refractivity contribution in [3.8, 4) is 0 Å². The maximum absolute atomic E-state index is 10.1. The molecule has 0 aliphatic carbocycles. The average Bonchev–Trinajstić information content (AvgIpc) is 2.76. The van der Waals surface area contributed by atoms with E-state index in [4.69, 9.17) is 0 Å². The third-order valence-corrected chi connectivity index (χ3v) is 2.71. The van der Waals surface area contributed by atoms with Crippen LogP contribution in [0.5, 0.6) is 0 Å². The van der Waals surface area contributed by atoms with E-state index in [0.717, 1.165) is 17.9 Å². The van der Waals surface area contributed by atoms with E-state index in [1.54, 1.807) is 12.4 Å². The molecule has 1 N–H and O–H groups in total. The summed E-state index contributed by atoms with van der Waals surface area (Å²) in [6.45, 7) is 6.93. The van der Waals surface area contributed by atoms with Crippen molar-refractivity contribution >= 4 is 0 Å². The van der Waals surface area contributed by atoms with Crippen molar-refractivity contribution in [2.24, 2.45) is 5.92 Å². The van der Waals surface area contributed by atoms with Crippen LogP contribution < -0.4 is 0 Å². The van der Waals surface area contributed by atoms with Gasteiger partial charge in [0.2, 0.25) is 0 Å². The fourth-order valence-electron chi connectivity index (χ4n) is 1.78. The standard InChI is InChI=1S/C13H19N5O/c1-9(2)7-18-12(16-8-17-18)4-11(19)13-14-5-10(3)6-15-13/h5-6,8-9,11,19H,4,7H2,1-3H3. The van der Waals surface area contributed by atoms with E-state index in [-0.39, 0.29) is 0 Å². The molecule has 0 saturated carbocycles. The van der Waals surface area contributed by atoms with Crippen molar-refractivity contribution in [2.45, 2.75) is 39.8 Å². The van der Waals surface area contributed by atoms with Crippen LogP contribution in [0.3, 0.4) is 0 Å². The lowest BCUT2D eigenvalue weighted by Gasteiger charge is -2.11. The molecule has 19 heavy (non-hydrogen) atoms. The lowest BCUT2D eigenvalue weighted by molar-refractivity contribution is 0.163. The van der Waals surface area contributed by atoms with Crippen LogP contribution in [0.15, 0.2) is 18.7 Å². The molecule has 1 unspecified atom stereocenters. The second kappa shape index (κ2) is 5.88. The van der Waals surface area contributed by atoms with Crippen LogP contribution >= 0.6 is 0 Å². The molecule has 0 fully saturated rings. The number of hydrogen-bond donors (Lipinski definition) is 1. The Bertz CT molecular complexity index is 520. The Kier molecular flexibility index (Phi) is 4.21. The molecule has 2 aromatic heterocycles. The number of rotatable bonds is 5. The van der Waals surface area contributed by atoms with Crippen molar-refractivity contribution < 1.29 is 5.11 Å². The molecule has 2 rings (SSSR count). The zero-order valence-corrected chi connectivity index (χ0v) is 11.5. The van der Waals surface area contributed by atoms with Crippen LogP contribution in [0, 0.1) is 12.8 Å². The molecule has 2 heterocycles. The van der Waals surface area contributed by atoms with Crippen molar-refractivity contribution in [1.82, 2.24) is 24.7 Å². The van der Waals surface area contributed by atoms with Crippen LogP contribution in [-0.2, 0) is 13.0 Å². The first-order chi connectivity index (χ1) is 9.06. The van der Waals surface area contributed by atoms with Gasteiger partial charge in [0.05, 0.1) is 0 Å². The predicted octanol–water partition coefficient (Wildman–Crippen LogP) is 1.31. The van der Waals surface area contributed by atoms with Crippen LogP contribution in [0.25, 0.3) is 0 Å². The van der Waals surface area contributed by atoms with Gasteiger partial charge in [-0.05, 0) is 18.4 Å². The van der Waals surface area contributed by atoms with Crippen LogP contribution in [0.4, 0.5) is 0 Å². The smallest absolute Gasteiger partial charge is 0.157 e. The second-order valence-corrected chi connectivity index (χ2v) is 5.09. The lowest BCUT2D eigenvalue weighted by Crippen LogP contribution is -2.14. The summed E-state index contributed by atoms with van der Waals surface area (Å²) in [4.78, 5) is 12.5. The molecule has 1 atom stereocenters. The molecule has 0 aliphatic rings. The highest BCUT2D eigenvalue weighted by Crippen LogP contribution is 2.13. The highest BCUT2D eigenvalue weighted by molar-refractivity contribution is 5.04. The van der Waals surface area contributed by atoms with Gasteiger partial charge in [-0.1, -0.05) is 13.8 Å². The largest absolute Gasteiger partial charge is 0.385 e. The summed E-state index contributed by atoms with van der Waals surface area (Å²) in [6, 6.07) is 0. The molecule has 0 aromatic carbocycles. The summed E-state index contributed by atoms with van der Waals surface area (Å²) in [5.74, 6) is 1.66. The second-order valence-electron chi connectivity index (χ2n) is 5.09. The Hall–Kier alpha value is -1.82. The maximum Gasteiger partial charge on any atom is 0.157 e. The van der Waals surface area contributed by atoms with Gasteiger partial charge in [0.15, 0.2) is 5.82 Å². The van der Waals surface area contributed by atoms with E-state index < -0.39 is 6.10 Å². The molecule has 0 aliphatic heterocycles. The van der Waals surface area contributed by atoms with E-state index in [1.165, 1.54) is 6.33 Å². The minimum atomic E-state index is -0.754. The van der Waals surface area contributed by atoms with Gasteiger partial charge >= 0.3 is 0 Å². The Morgan fingerprint density at radius 1 is 1.21 bits per heavy atom. The minimum absolute atomic E-state index is 0.371. The summed E-state index contributed by atoms with van der Waals surface area (Å²) in [6.07, 6.45) is 4.53. The van der Waals surface area contributed by atoms with Gasteiger partial charge in [0, 0.05) is 25.4 Å². The number of hydrogen-bond acceptors (Lipinski definition) is 5. The fourth-order valence-corrected chi connectivity index (χ4v) is 1.78. The monoisotopic (exact) mass is 261 g/mol. The molecule has 6 nitrogen and oxygen atoms in total. The molecule has 0 saturated heterocycles.